The first-order valence-corrected chi connectivity index (χ1v) is 9.45. The van der Waals surface area contributed by atoms with Gasteiger partial charge in [-0.05, 0) is 35.2 Å². The number of azo groups is 1. The van der Waals surface area contributed by atoms with Crippen LogP contribution in [0.1, 0.15) is 0 Å². The Morgan fingerprint density at radius 1 is 0.821 bits per heavy atom. The summed E-state index contributed by atoms with van der Waals surface area (Å²) in [5.74, 6) is 0. The second kappa shape index (κ2) is 7.84. The molecular weight excluding hydrogens is 384 g/mol. The third-order valence-corrected chi connectivity index (χ3v) is 5.06. The zero-order chi connectivity index (χ0) is 20.1. The van der Waals surface area contributed by atoms with Gasteiger partial charge >= 0.3 is 0 Å². The molecule has 3 aromatic rings. The average molecular weight is 398 g/mol. The van der Waals surface area contributed by atoms with Crippen LogP contribution in [0.3, 0.4) is 0 Å². The second-order valence-electron chi connectivity index (χ2n) is 5.58. The Labute approximate surface area is 160 Å². The number of nitrogens with one attached hydrogen (secondary N) is 1. The molecule has 0 bridgehead atoms. The molecule has 0 aliphatic carbocycles. The van der Waals surface area contributed by atoms with E-state index in [0.29, 0.717) is 10.5 Å². The molecule has 9 nitrogen and oxygen atoms in total. The number of anilines is 1. The standard InChI is InChI=1S/C18H14N4O5S/c23-21(19-14-6-2-1-3-7-14)18-9-5-4-8-17(18)20-28(26,27)16-12-10-15(11-13-16)22(24)25/h1-13,20H. The van der Waals surface area contributed by atoms with Crippen molar-refractivity contribution in [1.82, 2.24) is 0 Å². The van der Waals surface area contributed by atoms with Crippen LogP contribution in [0.4, 0.5) is 22.7 Å². The van der Waals surface area contributed by atoms with E-state index in [1.807, 2.05) is 0 Å². The quantitative estimate of drug-likeness (QED) is 0.286. The lowest BCUT2D eigenvalue weighted by molar-refractivity contribution is -0.434. The number of nitrogens with zero attached hydrogens (tertiary/aromatic N) is 3. The van der Waals surface area contributed by atoms with Crippen LogP contribution in [0, 0.1) is 15.3 Å². The summed E-state index contributed by atoms with van der Waals surface area (Å²) in [5.41, 5.74) is 0.199. The van der Waals surface area contributed by atoms with Gasteiger partial charge in [0.05, 0.1) is 9.82 Å². The number of benzene rings is 3. The van der Waals surface area contributed by atoms with Gasteiger partial charge in [0.1, 0.15) is 11.4 Å². The van der Waals surface area contributed by atoms with Crippen LogP contribution in [0.25, 0.3) is 0 Å². The molecule has 0 radical (unpaired) electrons. The molecule has 3 aromatic carbocycles. The van der Waals surface area contributed by atoms with E-state index < -0.39 is 14.9 Å². The molecule has 142 valence electrons. The average Bonchev–Trinajstić information content (AvgIpc) is 2.69. The van der Waals surface area contributed by atoms with Crippen LogP contribution in [-0.4, -0.2) is 18.2 Å². The first-order valence-electron chi connectivity index (χ1n) is 7.97. The van der Waals surface area contributed by atoms with Crippen LogP contribution in [0.2, 0.25) is 0 Å². The van der Waals surface area contributed by atoms with Gasteiger partial charge in [0, 0.05) is 23.3 Å². The molecule has 3 rings (SSSR count). The van der Waals surface area contributed by atoms with Gasteiger partial charge in [-0.1, -0.05) is 30.3 Å². The molecule has 0 aromatic heterocycles. The van der Waals surface area contributed by atoms with E-state index in [2.05, 4.69) is 9.84 Å². The van der Waals surface area contributed by atoms with Crippen LogP contribution >= 0.6 is 0 Å². The predicted molar refractivity (Wildman–Crippen MR) is 102 cm³/mol. The van der Waals surface area contributed by atoms with Gasteiger partial charge < -0.3 is 5.21 Å². The molecule has 0 atom stereocenters. The highest BCUT2D eigenvalue weighted by molar-refractivity contribution is 7.92. The van der Waals surface area contributed by atoms with Gasteiger partial charge in [0.25, 0.3) is 21.4 Å². The molecule has 0 fully saturated rings. The fourth-order valence-corrected chi connectivity index (χ4v) is 3.41. The van der Waals surface area contributed by atoms with Crippen molar-refractivity contribution in [3.63, 3.8) is 0 Å². The first-order chi connectivity index (χ1) is 13.4. The van der Waals surface area contributed by atoms with Gasteiger partial charge in [-0.3, -0.25) is 14.8 Å². The summed E-state index contributed by atoms with van der Waals surface area (Å²) in [7, 11) is -4.06. The van der Waals surface area contributed by atoms with Gasteiger partial charge in [-0.2, -0.15) is 0 Å². The highest BCUT2D eigenvalue weighted by Crippen LogP contribution is 2.28. The second-order valence-corrected chi connectivity index (χ2v) is 7.26. The molecule has 0 spiro atoms. The fraction of sp³-hybridized carbons (Fsp3) is 0. The third-order valence-electron chi connectivity index (χ3n) is 3.67. The number of nitro groups is 1. The predicted octanol–water partition coefficient (Wildman–Crippen LogP) is 4.32. The molecule has 28 heavy (non-hydrogen) atoms. The lowest BCUT2D eigenvalue weighted by Crippen LogP contribution is -2.14. The topological polar surface area (TPSA) is 128 Å². The van der Waals surface area contributed by atoms with Crippen molar-refractivity contribution in [2.45, 2.75) is 4.90 Å². The van der Waals surface area contributed by atoms with Gasteiger partial charge in [0.2, 0.25) is 0 Å². The van der Waals surface area contributed by atoms with Crippen LogP contribution in [0.5, 0.6) is 0 Å². The Kier molecular flexibility index (Phi) is 5.32. The summed E-state index contributed by atoms with van der Waals surface area (Å²) in [6.07, 6.45) is 0. The van der Waals surface area contributed by atoms with Crippen molar-refractivity contribution in [1.29, 1.82) is 0 Å². The number of sulfonamides is 1. The Morgan fingerprint density at radius 3 is 2.07 bits per heavy atom. The maximum atomic E-state index is 12.6. The van der Waals surface area contributed by atoms with Crippen LogP contribution in [-0.2, 0) is 10.0 Å². The number of rotatable bonds is 6. The van der Waals surface area contributed by atoms with Gasteiger partial charge in [0.15, 0.2) is 0 Å². The summed E-state index contributed by atoms with van der Waals surface area (Å²) < 4.78 is 27.5. The lowest BCUT2D eigenvalue weighted by Gasteiger charge is -2.10. The van der Waals surface area contributed by atoms with E-state index >= 15 is 0 Å². The summed E-state index contributed by atoms with van der Waals surface area (Å²) in [4.78, 5) is 10.2. The molecule has 1 N–H and O–H groups in total. The van der Waals surface area contributed by atoms with Crippen LogP contribution in [0.15, 0.2) is 88.9 Å². The normalized spacial score (nSPS) is 11.8. The molecule has 0 saturated heterocycles. The van der Waals surface area contributed by atoms with E-state index in [1.165, 1.54) is 12.1 Å². The minimum Gasteiger partial charge on any atom is -0.594 e. The van der Waals surface area contributed by atoms with Crippen molar-refractivity contribution in [2.75, 3.05) is 4.72 Å². The van der Waals surface area contributed by atoms with E-state index in [4.69, 9.17) is 0 Å². The van der Waals surface area contributed by atoms with E-state index in [-0.39, 0.29) is 22.0 Å². The number of hydrogen-bond acceptors (Lipinski definition) is 6. The summed E-state index contributed by atoms with van der Waals surface area (Å²) in [6, 6.07) is 18.9. The Bertz CT molecular complexity index is 1130. The summed E-state index contributed by atoms with van der Waals surface area (Å²) in [5, 5.41) is 27.0. The maximum Gasteiger partial charge on any atom is 0.269 e. The third kappa shape index (κ3) is 4.30. The van der Waals surface area contributed by atoms with Crippen LogP contribution < -0.4 is 4.72 Å². The number of hydrogen-bond donors (Lipinski definition) is 1. The molecule has 0 amide bonds. The highest BCUT2D eigenvalue weighted by Gasteiger charge is 2.20. The van der Waals surface area contributed by atoms with Gasteiger partial charge in [-0.15, -0.1) is 0 Å². The van der Waals surface area contributed by atoms with Crippen molar-refractivity contribution >= 4 is 32.8 Å². The minimum atomic E-state index is -4.06. The number of non-ortho nitro benzene ring substituents is 1. The zero-order valence-electron chi connectivity index (χ0n) is 14.3. The molecule has 0 saturated carbocycles. The first kappa shape index (κ1) is 19.0. The van der Waals surface area contributed by atoms with E-state index in [9.17, 15) is 23.7 Å². The molecule has 0 aliphatic heterocycles. The zero-order valence-corrected chi connectivity index (χ0v) is 15.1. The molecule has 10 heteroatoms. The largest absolute Gasteiger partial charge is 0.594 e. The van der Waals surface area contributed by atoms with E-state index in [1.54, 1.807) is 42.5 Å². The molecular formula is C18H14N4O5S. The number of nitro benzene ring substituents is 1. The van der Waals surface area contributed by atoms with Gasteiger partial charge in [-0.25, -0.2) is 8.42 Å². The minimum absolute atomic E-state index is 0.00293. The monoisotopic (exact) mass is 398 g/mol. The lowest BCUT2D eigenvalue weighted by atomic mass is 10.3. The summed E-state index contributed by atoms with van der Waals surface area (Å²) in [6.45, 7) is 0. The van der Waals surface area contributed by atoms with E-state index in [0.717, 1.165) is 24.3 Å². The van der Waals surface area contributed by atoms with Crippen molar-refractivity contribution in [2.24, 2.45) is 5.11 Å². The maximum absolute atomic E-state index is 12.6. The molecule has 0 aliphatic rings. The smallest absolute Gasteiger partial charge is 0.269 e. The SMILES string of the molecule is O=[N+]([O-])c1ccc(S(=O)(=O)Nc2ccccc2[N+]([O-])=Nc2ccccc2)cc1. The van der Waals surface area contributed by atoms with Crippen molar-refractivity contribution in [3.05, 3.63) is 94.2 Å². The Hall–Kier alpha value is -3.79. The Balaban J connectivity index is 1.92. The fourth-order valence-electron chi connectivity index (χ4n) is 2.33. The molecule has 0 heterocycles. The number of para-hydroxylation sites is 2. The Morgan fingerprint density at radius 2 is 1.43 bits per heavy atom. The highest BCUT2D eigenvalue weighted by atomic mass is 32.2. The molecule has 0 unspecified atom stereocenters. The summed E-state index contributed by atoms with van der Waals surface area (Å²) >= 11 is 0. The van der Waals surface area contributed by atoms with Crippen molar-refractivity contribution < 1.29 is 18.2 Å². The van der Waals surface area contributed by atoms with Crippen molar-refractivity contribution in [3.8, 4) is 0 Å².